The van der Waals surface area contributed by atoms with Crippen LogP contribution in [0.5, 0.6) is 0 Å². The number of hydrogen-bond acceptors (Lipinski definition) is 3. The Balaban J connectivity index is 2.02. The van der Waals surface area contributed by atoms with Crippen LogP contribution >= 0.6 is 11.8 Å². The van der Waals surface area contributed by atoms with Crippen molar-refractivity contribution in [3.05, 3.63) is 24.3 Å². The van der Waals surface area contributed by atoms with Gasteiger partial charge in [0.1, 0.15) is 0 Å². The van der Waals surface area contributed by atoms with E-state index in [4.69, 9.17) is 0 Å². The molecule has 4 heteroatoms. The average molecular weight is 278 g/mol. The van der Waals surface area contributed by atoms with Crippen molar-refractivity contribution in [1.29, 1.82) is 0 Å². The first-order valence-corrected chi connectivity index (χ1v) is 7.90. The van der Waals surface area contributed by atoms with Gasteiger partial charge in [-0.3, -0.25) is 4.79 Å². The van der Waals surface area contributed by atoms with E-state index in [1.165, 1.54) is 0 Å². The third-order valence-electron chi connectivity index (χ3n) is 3.44. The molecule has 0 spiro atoms. The van der Waals surface area contributed by atoms with Crippen LogP contribution in [0.1, 0.15) is 19.8 Å². The number of hydrogen-bond donors (Lipinski definition) is 1. The summed E-state index contributed by atoms with van der Waals surface area (Å²) in [5.41, 5.74) is 0.951. The lowest BCUT2D eigenvalue weighted by atomic mass is 9.97. The largest absolute Gasteiger partial charge is 0.325 e. The fourth-order valence-electron chi connectivity index (χ4n) is 2.47. The highest BCUT2D eigenvalue weighted by atomic mass is 32.2. The molecule has 1 saturated heterocycles. The van der Waals surface area contributed by atoms with Crippen molar-refractivity contribution >= 4 is 23.4 Å². The minimum Gasteiger partial charge on any atom is -0.325 e. The number of carbonyl (C=O) groups is 1. The molecule has 1 aromatic carbocycles. The Labute approximate surface area is 119 Å². The smallest absolute Gasteiger partial charge is 0.228 e. The lowest BCUT2D eigenvalue weighted by Crippen LogP contribution is -2.38. The summed E-state index contributed by atoms with van der Waals surface area (Å²) in [5.74, 6) is 1.30. The number of benzene rings is 1. The number of amides is 1. The monoisotopic (exact) mass is 278 g/mol. The van der Waals surface area contributed by atoms with Crippen molar-refractivity contribution in [1.82, 2.24) is 4.90 Å². The summed E-state index contributed by atoms with van der Waals surface area (Å²) in [6, 6.07) is 8.05. The van der Waals surface area contributed by atoms with Gasteiger partial charge in [-0.1, -0.05) is 19.1 Å². The van der Waals surface area contributed by atoms with Crippen LogP contribution in [0.25, 0.3) is 0 Å². The van der Waals surface area contributed by atoms with E-state index in [2.05, 4.69) is 30.3 Å². The van der Waals surface area contributed by atoms with Crippen molar-refractivity contribution in [3.63, 3.8) is 0 Å². The molecule has 0 bridgehead atoms. The second-order valence-electron chi connectivity index (χ2n) is 5.02. The van der Waals surface area contributed by atoms with Crippen LogP contribution in [0, 0.1) is 5.92 Å². The number of piperidine rings is 1. The number of nitrogens with zero attached hydrogens (tertiary/aromatic N) is 1. The lowest BCUT2D eigenvalue weighted by molar-refractivity contribution is -0.121. The summed E-state index contributed by atoms with van der Waals surface area (Å²) in [4.78, 5) is 15.7. The zero-order valence-corrected chi connectivity index (χ0v) is 12.5. The van der Waals surface area contributed by atoms with E-state index in [-0.39, 0.29) is 11.8 Å². The highest BCUT2D eigenvalue weighted by Gasteiger charge is 2.24. The summed E-state index contributed by atoms with van der Waals surface area (Å²) < 4.78 is 0. The Kier molecular flexibility index (Phi) is 5.28. The van der Waals surface area contributed by atoms with Crippen molar-refractivity contribution in [2.24, 2.45) is 5.92 Å². The quantitative estimate of drug-likeness (QED) is 0.859. The predicted octanol–water partition coefficient (Wildman–Crippen LogP) is 3.08. The summed E-state index contributed by atoms with van der Waals surface area (Å²) in [5, 5.41) is 3.10. The Morgan fingerprint density at radius 2 is 2.26 bits per heavy atom. The van der Waals surface area contributed by atoms with Gasteiger partial charge in [0.05, 0.1) is 11.6 Å². The topological polar surface area (TPSA) is 32.3 Å². The van der Waals surface area contributed by atoms with Crippen LogP contribution in [0.2, 0.25) is 0 Å². The number of rotatable bonds is 4. The zero-order chi connectivity index (χ0) is 13.7. The lowest BCUT2D eigenvalue weighted by Gasteiger charge is -2.28. The third-order valence-corrected chi connectivity index (χ3v) is 4.40. The highest BCUT2D eigenvalue weighted by molar-refractivity contribution is 7.99. The third kappa shape index (κ3) is 3.98. The molecule has 1 aromatic rings. The summed E-state index contributed by atoms with van der Waals surface area (Å²) in [6.07, 6.45) is 2.11. The van der Waals surface area contributed by atoms with Gasteiger partial charge in [0.2, 0.25) is 5.91 Å². The normalized spacial score (nSPS) is 20.2. The van der Waals surface area contributed by atoms with Gasteiger partial charge in [0, 0.05) is 11.4 Å². The van der Waals surface area contributed by atoms with E-state index < -0.39 is 0 Å². The highest BCUT2D eigenvalue weighted by Crippen LogP contribution is 2.27. The summed E-state index contributed by atoms with van der Waals surface area (Å²) >= 11 is 1.77. The van der Waals surface area contributed by atoms with E-state index in [9.17, 15) is 4.79 Å². The molecule has 19 heavy (non-hydrogen) atoms. The summed E-state index contributed by atoms with van der Waals surface area (Å²) in [7, 11) is 2.08. The van der Waals surface area contributed by atoms with E-state index in [0.717, 1.165) is 42.3 Å². The zero-order valence-electron chi connectivity index (χ0n) is 11.7. The second kappa shape index (κ2) is 6.96. The van der Waals surface area contributed by atoms with Crippen molar-refractivity contribution < 1.29 is 4.79 Å². The standard InChI is InChI=1S/C15H22N2OS/c1-3-19-14-9-5-4-8-13(14)16-15(18)12-7-6-10-17(2)11-12/h4-5,8-9,12H,3,6-7,10-11H2,1-2H3,(H,16,18)/t12-/m1/s1. The molecule has 1 N–H and O–H groups in total. The molecular formula is C15H22N2OS. The van der Waals surface area contributed by atoms with Gasteiger partial charge in [-0.25, -0.2) is 0 Å². The molecule has 0 unspecified atom stereocenters. The van der Waals surface area contributed by atoms with Crippen molar-refractivity contribution in [2.45, 2.75) is 24.7 Å². The average Bonchev–Trinajstić information content (AvgIpc) is 2.41. The molecule has 0 aromatic heterocycles. The molecule has 1 aliphatic heterocycles. The van der Waals surface area contributed by atoms with E-state index in [0.29, 0.717) is 0 Å². The van der Waals surface area contributed by atoms with E-state index in [1.807, 2.05) is 18.2 Å². The first-order chi connectivity index (χ1) is 9.20. The Bertz CT molecular complexity index is 436. The molecule has 0 saturated carbocycles. The van der Waals surface area contributed by atoms with Crippen LogP contribution in [0.15, 0.2) is 29.2 Å². The predicted molar refractivity (Wildman–Crippen MR) is 81.7 cm³/mol. The maximum atomic E-state index is 12.3. The molecular weight excluding hydrogens is 256 g/mol. The van der Waals surface area contributed by atoms with Gasteiger partial charge in [-0.15, -0.1) is 11.8 Å². The van der Waals surface area contributed by atoms with E-state index in [1.54, 1.807) is 11.8 Å². The Morgan fingerprint density at radius 3 is 3.00 bits per heavy atom. The van der Waals surface area contributed by atoms with Crippen LogP contribution in [0.3, 0.4) is 0 Å². The summed E-state index contributed by atoms with van der Waals surface area (Å²) in [6.45, 7) is 4.10. The molecule has 2 rings (SSSR count). The van der Waals surface area contributed by atoms with Gasteiger partial charge >= 0.3 is 0 Å². The molecule has 1 amide bonds. The first kappa shape index (κ1) is 14.4. The molecule has 1 atom stereocenters. The molecule has 0 aliphatic carbocycles. The fourth-order valence-corrected chi connectivity index (χ4v) is 3.23. The van der Waals surface area contributed by atoms with Crippen LogP contribution in [-0.4, -0.2) is 36.7 Å². The first-order valence-electron chi connectivity index (χ1n) is 6.92. The number of thioether (sulfide) groups is 1. The van der Waals surface area contributed by atoms with Gasteiger partial charge < -0.3 is 10.2 Å². The maximum absolute atomic E-state index is 12.3. The molecule has 3 nitrogen and oxygen atoms in total. The van der Waals surface area contributed by atoms with E-state index >= 15 is 0 Å². The molecule has 1 fully saturated rings. The number of likely N-dealkylation sites (tertiary alicyclic amines) is 1. The minimum absolute atomic E-state index is 0.124. The van der Waals surface area contributed by atoms with Gasteiger partial charge in [-0.05, 0) is 44.3 Å². The Hall–Kier alpha value is -1.00. The minimum atomic E-state index is 0.124. The van der Waals surface area contributed by atoms with Gasteiger partial charge in [0.15, 0.2) is 0 Å². The molecule has 0 radical (unpaired) electrons. The number of carbonyl (C=O) groups excluding carboxylic acids is 1. The number of anilines is 1. The van der Waals surface area contributed by atoms with Gasteiger partial charge in [0.25, 0.3) is 0 Å². The maximum Gasteiger partial charge on any atom is 0.228 e. The van der Waals surface area contributed by atoms with Crippen LogP contribution < -0.4 is 5.32 Å². The molecule has 1 heterocycles. The fraction of sp³-hybridized carbons (Fsp3) is 0.533. The molecule has 1 aliphatic rings. The molecule has 104 valence electrons. The number of para-hydroxylation sites is 1. The SMILES string of the molecule is CCSc1ccccc1NC(=O)[C@@H]1CCCN(C)C1. The van der Waals surface area contributed by atoms with Crippen LogP contribution in [0.4, 0.5) is 5.69 Å². The van der Waals surface area contributed by atoms with Crippen molar-refractivity contribution in [2.75, 3.05) is 31.2 Å². The second-order valence-corrected chi connectivity index (χ2v) is 6.33. The number of nitrogens with one attached hydrogen (secondary N) is 1. The van der Waals surface area contributed by atoms with Crippen molar-refractivity contribution in [3.8, 4) is 0 Å². The van der Waals surface area contributed by atoms with Gasteiger partial charge in [-0.2, -0.15) is 0 Å². The van der Waals surface area contributed by atoms with Crippen LogP contribution in [-0.2, 0) is 4.79 Å². The Morgan fingerprint density at radius 1 is 1.47 bits per heavy atom.